The molecular formula is C19H31Cl2N3O2. The largest absolute Gasteiger partial charge is 0.373 e. The van der Waals surface area contributed by atoms with Gasteiger partial charge in [0, 0.05) is 37.3 Å². The molecule has 148 valence electrons. The van der Waals surface area contributed by atoms with Crippen molar-refractivity contribution in [2.24, 2.45) is 11.7 Å². The van der Waals surface area contributed by atoms with E-state index < -0.39 is 0 Å². The van der Waals surface area contributed by atoms with Crippen molar-refractivity contribution in [2.45, 2.75) is 57.9 Å². The molecule has 4 unspecified atom stereocenters. The second-order valence-electron chi connectivity index (χ2n) is 7.37. The van der Waals surface area contributed by atoms with E-state index in [0.29, 0.717) is 0 Å². The first-order valence-corrected chi connectivity index (χ1v) is 9.03. The lowest BCUT2D eigenvalue weighted by Gasteiger charge is -2.35. The maximum Gasteiger partial charge on any atom is 0.227 e. The molecule has 0 radical (unpaired) electrons. The Hall–Kier alpha value is -0.850. The number of nitrogens with zero attached hydrogens (tertiary/aromatic N) is 1. The maximum absolute atomic E-state index is 12.5. The number of carbonyl (C=O) groups excluding carboxylic acids is 1. The summed E-state index contributed by atoms with van der Waals surface area (Å²) in [6.07, 6.45) is 3.13. The van der Waals surface area contributed by atoms with Gasteiger partial charge in [0.25, 0.3) is 0 Å². The summed E-state index contributed by atoms with van der Waals surface area (Å²) in [5.41, 5.74) is 8.02. The van der Waals surface area contributed by atoms with Gasteiger partial charge in [-0.2, -0.15) is 0 Å². The molecule has 1 aliphatic heterocycles. The molecule has 1 aliphatic carbocycles. The van der Waals surface area contributed by atoms with Crippen LogP contribution in [0.1, 0.15) is 38.7 Å². The first-order chi connectivity index (χ1) is 11.5. The van der Waals surface area contributed by atoms with E-state index in [1.807, 2.05) is 18.2 Å². The van der Waals surface area contributed by atoms with Crippen LogP contribution in [0.25, 0.3) is 0 Å². The van der Waals surface area contributed by atoms with E-state index in [2.05, 4.69) is 30.1 Å². The van der Waals surface area contributed by atoms with Crippen molar-refractivity contribution in [2.75, 3.05) is 18.4 Å². The van der Waals surface area contributed by atoms with Gasteiger partial charge in [0.05, 0.1) is 12.2 Å². The van der Waals surface area contributed by atoms with Gasteiger partial charge >= 0.3 is 0 Å². The average Bonchev–Trinajstić information content (AvgIpc) is 2.95. The first kappa shape index (κ1) is 23.2. The molecule has 4 atom stereocenters. The zero-order valence-corrected chi connectivity index (χ0v) is 17.2. The number of carbonyl (C=O) groups is 1. The lowest BCUT2D eigenvalue weighted by molar-refractivity contribution is -0.119. The van der Waals surface area contributed by atoms with Crippen LogP contribution in [0.4, 0.5) is 5.69 Å². The molecule has 3 rings (SSSR count). The quantitative estimate of drug-likeness (QED) is 0.809. The van der Waals surface area contributed by atoms with Crippen molar-refractivity contribution in [3.8, 4) is 0 Å². The number of benzene rings is 1. The second-order valence-corrected chi connectivity index (χ2v) is 7.37. The normalized spacial score (nSPS) is 28.7. The van der Waals surface area contributed by atoms with E-state index in [1.54, 1.807) is 0 Å². The van der Waals surface area contributed by atoms with E-state index in [-0.39, 0.29) is 54.9 Å². The molecule has 0 bridgehead atoms. The van der Waals surface area contributed by atoms with Gasteiger partial charge in [-0.1, -0.05) is 18.2 Å². The number of hydrogen-bond donors (Lipinski definition) is 2. The molecule has 0 aromatic heterocycles. The zero-order valence-electron chi connectivity index (χ0n) is 15.5. The number of nitrogens with two attached hydrogens (primary N) is 1. The van der Waals surface area contributed by atoms with Crippen LogP contribution in [0.2, 0.25) is 0 Å². The van der Waals surface area contributed by atoms with E-state index in [4.69, 9.17) is 10.5 Å². The highest BCUT2D eigenvalue weighted by Crippen LogP contribution is 2.27. The smallest absolute Gasteiger partial charge is 0.227 e. The summed E-state index contributed by atoms with van der Waals surface area (Å²) in [5, 5.41) is 3.13. The van der Waals surface area contributed by atoms with Gasteiger partial charge in [0.2, 0.25) is 5.91 Å². The van der Waals surface area contributed by atoms with Gasteiger partial charge in [-0.25, -0.2) is 0 Å². The highest BCUT2D eigenvalue weighted by Gasteiger charge is 2.28. The van der Waals surface area contributed by atoms with E-state index >= 15 is 0 Å². The minimum atomic E-state index is 0. The Labute approximate surface area is 168 Å². The fourth-order valence-corrected chi connectivity index (χ4v) is 3.92. The maximum atomic E-state index is 12.5. The Bertz CT molecular complexity index is 578. The molecule has 1 amide bonds. The molecule has 3 N–H and O–H groups in total. The molecule has 5 nitrogen and oxygen atoms in total. The number of rotatable bonds is 4. The van der Waals surface area contributed by atoms with Gasteiger partial charge in [0.1, 0.15) is 0 Å². The average molecular weight is 404 g/mol. The number of amides is 1. The topological polar surface area (TPSA) is 67.6 Å². The molecule has 1 heterocycles. The number of morpholine rings is 1. The van der Waals surface area contributed by atoms with Crippen molar-refractivity contribution in [3.05, 3.63) is 29.8 Å². The molecule has 1 aromatic carbocycles. The summed E-state index contributed by atoms with van der Waals surface area (Å²) in [6.45, 7) is 6.90. The van der Waals surface area contributed by atoms with Gasteiger partial charge < -0.3 is 15.8 Å². The highest BCUT2D eigenvalue weighted by atomic mass is 35.5. The van der Waals surface area contributed by atoms with Gasteiger partial charge in [-0.15, -0.1) is 24.8 Å². The third kappa shape index (κ3) is 6.10. The summed E-state index contributed by atoms with van der Waals surface area (Å²) in [4.78, 5) is 14.9. The van der Waals surface area contributed by atoms with Crippen LogP contribution in [0.15, 0.2) is 24.3 Å². The van der Waals surface area contributed by atoms with Crippen LogP contribution in [0.3, 0.4) is 0 Å². The molecule has 2 fully saturated rings. The number of ether oxygens (including phenoxy) is 1. The Balaban J connectivity index is 0.00000169. The van der Waals surface area contributed by atoms with Crippen molar-refractivity contribution in [1.82, 2.24) is 4.90 Å². The molecule has 0 spiro atoms. The second kappa shape index (κ2) is 10.5. The molecule has 1 saturated heterocycles. The summed E-state index contributed by atoms with van der Waals surface area (Å²) >= 11 is 0. The Morgan fingerprint density at radius 2 is 1.85 bits per heavy atom. The van der Waals surface area contributed by atoms with E-state index in [0.717, 1.165) is 50.1 Å². The molecule has 7 heteroatoms. The van der Waals surface area contributed by atoms with Crippen LogP contribution >= 0.6 is 24.8 Å². The molecular weight excluding hydrogens is 373 g/mol. The SMILES string of the molecule is CC1CN(Cc2ccccc2NC(=O)C2CCC(N)C2)CC(C)O1.Cl.Cl. The molecule has 1 aromatic rings. The predicted octanol–water partition coefficient (Wildman–Crippen LogP) is 3.21. The standard InChI is InChI=1S/C19H29N3O2.2ClH/c1-13-10-22(11-14(2)24-13)12-16-5-3-4-6-18(16)21-19(23)15-7-8-17(20)9-15;;/h3-6,13-15,17H,7-12,20H2,1-2H3,(H,21,23);2*1H. The lowest BCUT2D eigenvalue weighted by atomic mass is 10.1. The molecule has 2 aliphatic rings. The molecule has 1 saturated carbocycles. The van der Waals surface area contributed by atoms with Crippen LogP contribution in [0.5, 0.6) is 0 Å². The van der Waals surface area contributed by atoms with Gasteiger partial charge in [-0.05, 0) is 44.7 Å². The number of halogens is 2. The van der Waals surface area contributed by atoms with Crippen LogP contribution in [-0.2, 0) is 16.1 Å². The Morgan fingerprint density at radius 3 is 2.46 bits per heavy atom. The van der Waals surface area contributed by atoms with Gasteiger partial charge in [0.15, 0.2) is 0 Å². The summed E-state index contributed by atoms with van der Waals surface area (Å²) in [6, 6.07) is 8.27. The Morgan fingerprint density at radius 1 is 1.19 bits per heavy atom. The van der Waals surface area contributed by atoms with Crippen molar-refractivity contribution in [1.29, 1.82) is 0 Å². The summed E-state index contributed by atoms with van der Waals surface area (Å²) < 4.78 is 5.80. The van der Waals surface area contributed by atoms with Crippen LogP contribution in [-0.4, -0.2) is 42.1 Å². The minimum absolute atomic E-state index is 0. The predicted molar refractivity (Wildman–Crippen MR) is 110 cm³/mol. The number of nitrogens with one attached hydrogen (secondary N) is 1. The number of anilines is 1. The fourth-order valence-electron chi connectivity index (χ4n) is 3.92. The van der Waals surface area contributed by atoms with Crippen LogP contribution in [0, 0.1) is 5.92 Å². The number of hydrogen-bond acceptors (Lipinski definition) is 4. The first-order valence-electron chi connectivity index (χ1n) is 9.03. The van der Waals surface area contributed by atoms with Crippen LogP contribution < -0.4 is 11.1 Å². The number of para-hydroxylation sites is 1. The van der Waals surface area contributed by atoms with Gasteiger partial charge in [-0.3, -0.25) is 9.69 Å². The van der Waals surface area contributed by atoms with E-state index in [9.17, 15) is 4.79 Å². The third-order valence-corrected chi connectivity index (χ3v) is 5.01. The minimum Gasteiger partial charge on any atom is -0.373 e. The molecule has 26 heavy (non-hydrogen) atoms. The third-order valence-electron chi connectivity index (χ3n) is 5.01. The van der Waals surface area contributed by atoms with E-state index in [1.165, 1.54) is 0 Å². The summed E-state index contributed by atoms with van der Waals surface area (Å²) in [7, 11) is 0. The van der Waals surface area contributed by atoms with Crippen molar-refractivity contribution in [3.63, 3.8) is 0 Å². The van der Waals surface area contributed by atoms with Crippen molar-refractivity contribution < 1.29 is 9.53 Å². The monoisotopic (exact) mass is 403 g/mol. The lowest BCUT2D eigenvalue weighted by Crippen LogP contribution is -2.44. The zero-order chi connectivity index (χ0) is 17.1. The fraction of sp³-hybridized carbons (Fsp3) is 0.632. The summed E-state index contributed by atoms with van der Waals surface area (Å²) in [5.74, 6) is 0.163. The highest BCUT2D eigenvalue weighted by molar-refractivity contribution is 5.93. The Kier molecular flexibility index (Phi) is 9.34. The van der Waals surface area contributed by atoms with Crippen molar-refractivity contribution >= 4 is 36.4 Å².